The molecule has 0 aliphatic carbocycles. The van der Waals surface area contributed by atoms with Crippen LogP contribution in [0.4, 0.5) is 5.69 Å². The van der Waals surface area contributed by atoms with Crippen LogP contribution in [0.3, 0.4) is 0 Å². The van der Waals surface area contributed by atoms with Gasteiger partial charge in [-0.1, -0.05) is 30.3 Å². The van der Waals surface area contributed by atoms with Gasteiger partial charge in [0.2, 0.25) is 0 Å². The minimum atomic E-state index is -4.03. The maximum Gasteiger partial charge on any atom is 0.324 e. The minimum absolute atomic E-state index is 0.0577. The zero-order valence-corrected chi connectivity index (χ0v) is 15.0. The molecule has 0 aromatic heterocycles. The number of hydrogen-bond donors (Lipinski definition) is 0. The second kappa shape index (κ2) is 8.57. The van der Waals surface area contributed by atoms with Gasteiger partial charge in [-0.25, -0.2) is 8.42 Å². The van der Waals surface area contributed by atoms with Gasteiger partial charge in [-0.3, -0.25) is 14.9 Å². The number of hydrogen-bond acceptors (Lipinski definition) is 6. The van der Waals surface area contributed by atoms with Gasteiger partial charge in [0.1, 0.15) is 0 Å². The molecule has 0 amide bonds. The summed E-state index contributed by atoms with van der Waals surface area (Å²) in [6.07, 6.45) is 0.443. The van der Waals surface area contributed by atoms with Gasteiger partial charge in [0, 0.05) is 12.1 Å². The summed E-state index contributed by atoms with van der Waals surface area (Å²) in [6.45, 7) is 1.67. The van der Waals surface area contributed by atoms with Gasteiger partial charge in [-0.05, 0) is 37.5 Å². The molecule has 1 atom stereocenters. The molecule has 2 rings (SSSR count). The van der Waals surface area contributed by atoms with Crippen LogP contribution in [-0.2, 0) is 25.8 Å². The van der Waals surface area contributed by atoms with Crippen LogP contribution in [0, 0.1) is 10.1 Å². The molecule has 0 bridgehead atoms. The van der Waals surface area contributed by atoms with Crippen molar-refractivity contribution in [1.82, 2.24) is 0 Å². The Kier molecular flexibility index (Phi) is 6.46. The highest BCUT2D eigenvalue weighted by atomic mass is 32.2. The predicted octanol–water partition coefficient (Wildman–Crippen LogP) is 2.93. The summed E-state index contributed by atoms with van der Waals surface area (Å²) in [5, 5.41) is 9.36. The minimum Gasteiger partial charge on any atom is -0.465 e. The highest BCUT2D eigenvalue weighted by molar-refractivity contribution is 7.92. The first-order valence-corrected chi connectivity index (χ1v) is 9.59. The maximum absolute atomic E-state index is 12.9. The van der Waals surface area contributed by atoms with E-state index in [4.69, 9.17) is 4.74 Å². The van der Waals surface area contributed by atoms with Crippen molar-refractivity contribution in [3.63, 3.8) is 0 Å². The van der Waals surface area contributed by atoms with Gasteiger partial charge < -0.3 is 4.74 Å². The number of nitrogens with zero attached hydrogens (tertiary/aromatic N) is 1. The van der Waals surface area contributed by atoms with Crippen molar-refractivity contribution in [3.05, 3.63) is 70.3 Å². The Morgan fingerprint density at radius 2 is 1.73 bits per heavy atom. The fourth-order valence-corrected chi connectivity index (χ4v) is 4.09. The standard InChI is InChI=1S/C18H19NO6S/c1-2-25-18(20)17(13-8-14-6-4-3-5-7-14)26(23,24)16-11-9-15(10-12-16)19(21)22/h3-7,9-12,17H,2,8,13H2,1H3/t17-/m1/s1. The molecule has 138 valence electrons. The number of benzene rings is 2. The van der Waals surface area contributed by atoms with Gasteiger partial charge >= 0.3 is 5.97 Å². The van der Waals surface area contributed by atoms with E-state index in [0.717, 1.165) is 29.8 Å². The molecular formula is C18H19NO6S. The summed E-state index contributed by atoms with van der Waals surface area (Å²) in [5.41, 5.74) is 0.682. The van der Waals surface area contributed by atoms with E-state index in [1.807, 2.05) is 30.3 Å². The summed E-state index contributed by atoms with van der Waals surface area (Å²) in [6, 6.07) is 13.7. The molecule has 2 aromatic carbocycles. The van der Waals surface area contributed by atoms with E-state index in [-0.39, 0.29) is 23.6 Å². The van der Waals surface area contributed by atoms with Crippen LogP contribution in [0.25, 0.3) is 0 Å². The van der Waals surface area contributed by atoms with Crippen LogP contribution < -0.4 is 0 Å². The third kappa shape index (κ3) is 4.66. The first-order chi connectivity index (χ1) is 12.4. The monoisotopic (exact) mass is 377 g/mol. The van der Waals surface area contributed by atoms with Crippen LogP contribution in [0.1, 0.15) is 18.9 Å². The van der Waals surface area contributed by atoms with E-state index in [0.29, 0.717) is 6.42 Å². The third-order valence-electron chi connectivity index (χ3n) is 3.84. The number of esters is 1. The summed E-state index contributed by atoms with van der Waals surface area (Å²) < 4.78 is 30.7. The molecule has 0 spiro atoms. The normalized spacial score (nSPS) is 12.3. The van der Waals surface area contributed by atoms with E-state index in [1.165, 1.54) is 0 Å². The third-order valence-corrected chi connectivity index (χ3v) is 5.94. The molecule has 0 radical (unpaired) electrons. The molecule has 0 aliphatic rings. The van der Waals surface area contributed by atoms with Crippen LogP contribution in [0.2, 0.25) is 0 Å². The van der Waals surface area contributed by atoms with E-state index < -0.39 is 26.0 Å². The highest BCUT2D eigenvalue weighted by Crippen LogP contribution is 2.23. The van der Waals surface area contributed by atoms with E-state index in [9.17, 15) is 23.3 Å². The summed E-state index contributed by atoms with van der Waals surface area (Å²) in [4.78, 5) is 22.2. The lowest BCUT2D eigenvalue weighted by atomic mass is 10.1. The van der Waals surface area contributed by atoms with Crippen molar-refractivity contribution in [2.45, 2.75) is 29.9 Å². The number of nitro benzene ring substituents is 1. The molecule has 0 N–H and O–H groups in total. The molecule has 0 heterocycles. The first kappa shape index (κ1) is 19.6. The first-order valence-electron chi connectivity index (χ1n) is 8.05. The zero-order chi connectivity index (χ0) is 19.2. The summed E-state index contributed by atoms with van der Waals surface area (Å²) >= 11 is 0. The van der Waals surface area contributed by atoms with Gasteiger partial charge in [0.25, 0.3) is 5.69 Å². The summed E-state index contributed by atoms with van der Waals surface area (Å²) in [5.74, 6) is -0.818. The Morgan fingerprint density at radius 1 is 1.12 bits per heavy atom. The number of rotatable bonds is 8. The van der Waals surface area contributed by atoms with E-state index in [2.05, 4.69) is 0 Å². The molecule has 2 aromatic rings. The van der Waals surface area contributed by atoms with Crippen molar-refractivity contribution < 1.29 is 22.9 Å². The number of carbonyl (C=O) groups excluding carboxylic acids is 1. The largest absolute Gasteiger partial charge is 0.465 e. The lowest BCUT2D eigenvalue weighted by Crippen LogP contribution is -2.32. The van der Waals surface area contributed by atoms with E-state index in [1.54, 1.807) is 6.92 Å². The fourth-order valence-electron chi connectivity index (χ4n) is 2.50. The van der Waals surface area contributed by atoms with Crippen LogP contribution in [0.15, 0.2) is 59.5 Å². The van der Waals surface area contributed by atoms with Crippen LogP contribution in [0.5, 0.6) is 0 Å². The number of non-ortho nitro benzene ring substituents is 1. The number of carbonyl (C=O) groups is 1. The number of sulfone groups is 1. The summed E-state index contributed by atoms with van der Waals surface area (Å²) in [7, 11) is -4.03. The fraction of sp³-hybridized carbons (Fsp3) is 0.278. The van der Waals surface area contributed by atoms with Crippen LogP contribution in [-0.4, -0.2) is 31.2 Å². The van der Waals surface area contributed by atoms with Gasteiger partial charge in [-0.15, -0.1) is 0 Å². The quantitative estimate of drug-likeness (QED) is 0.398. The Hall–Kier alpha value is -2.74. The Morgan fingerprint density at radius 3 is 2.27 bits per heavy atom. The number of ether oxygens (including phenoxy) is 1. The molecule has 0 aliphatic heterocycles. The molecule has 0 saturated heterocycles. The lowest BCUT2D eigenvalue weighted by molar-refractivity contribution is -0.384. The van der Waals surface area contributed by atoms with Crippen molar-refractivity contribution in [3.8, 4) is 0 Å². The van der Waals surface area contributed by atoms with Crippen molar-refractivity contribution >= 4 is 21.5 Å². The Labute approximate surface area is 151 Å². The predicted molar refractivity (Wildman–Crippen MR) is 95.5 cm³/mol. The van der Waals surface area contributed by atoms with Gasteiger partial charge in [0.15, 0.2) is 15.1 Å². The van der Waals surface area contributed by atoms with Gasteiger partial charge in [0.05, 0.1) is 16.4 Å². The van der Waals surface area contributed by atoms with Crippen molar-refractivity contribution in [1.29, 1.82) is 0 Å². The maximum atomic E-state index is 12.9. The average Bonchev–Trinajstić information content (AvgIpc) is 2.63. The smallest absolute Gasteiger partial charge is 0.324 e. The second-order valence-electron chi connectivity index (χ2n) is 5.56. The molecule has 0 unspecified atom stereocenters. The molecule has 0 saturated carbocycles. The molecule has 0 fully saturated rings. The van der Waals surface area contributed by atoms with Crippen LogP contribution >= 0.6 is 0 Å². The SMILES string of the molecule is CCOC(=O)[C@@H](CCc1ccccc1)S(=O)(=O)c1ccc([N+](=O)[O-])cc1. The van der Waals surface area contributed by atoms with Crippen molar-refractivity contribution in [2.24, 2.45) is 0 Å². The second-order valence-corrected chi connectivity index (χ2v) is 7.69. The topological polar surface area (TPSA) is 104 Å². The zero-order valence-electron chi connectivity index (χ0n) is 14.2. The van der Waals surface area contributed by atoms with Gasteiger partial charge in [-0.2, -0.15) is 0 Å². The average molecular weight is 377 g/mol. The molecular weight excluding hydrogens is 358 g/mol. The highest BCUT2D eigenvalue weighted by Gasteiger charge is 2.35. The Bertz CT molecular complexity index is 862. The van der Waals surface area contributed by atoms with Crippen molar-refractivity contribution in [2.75, 3.05) is 6.61 Å². The number of aryl methyl sites for hydroxylation is 1. The lowest BCUT2D eigenvalue weighted by Gasteiger charge is -2.16. The van der Waals surface area contributed by atoms with E-state index >= 15 is 0 Å². The number of nitro groups is 1. The molecule has 7 nitrogen and oxygen atoms in total. The Balaban J connectivity index is 2.29. The molecule has 26 heavy (non-hydrogen) atoms. The molecule has 8 heteroatoms.